The number of nitrogens with two attached hydrogens (primary N) is 1. The lowest BCUT2D eigenvalue weighted by molar-refractivity contribution is 0.994. The van der Waals surface area contributed by atoms with Gasteiger partial charge in [-0.05, 0) is 6.92 Å². The number of rotatable bonds is 2. The van der Waals surface area contributed by atoms with E-state index in [1.165, 1.54) is 0 Å². The second-order valence-corrected chi connectivity index (χ2v) is 3.03. The molecular formula is C8H15N5. The molecule has 0 saturated carbocycles. The van der Waals surface area contributed by atoms with Crippen LogP contribution in [0.3, 0.4) is 0 Å². The highest BCUT2D eigenvalue weighted by Crippen LogP contribution is 2.19. The zero-order chi connectivity index (χ0) is 10.0. The number of hydrogen-bond donors (Lipinski definition) is 2. The summed E-state index contributed by atoms with van der Waals surface area (Å²) in [5.74, 6) is 1.91. The van der Waals surface area contributed by atoms with Gasteiger partial charge in [0, 0.05) is 26.7 Å². The molecule has 1 aromatic rings. The van der Waals surface area contributed by atoms with Gasteiger partial charge in [-0.1, -0.05) is 0 Å². The van der Waals surface area contributed by atoms with E-state index in [9.17, 15) is 0 Å². The van der Waals surface area contributed by atoms with E-state index >= 15 is 0 Å². The summed E-state index contributed by atoms with van der Waals surface area (Å²) in [5.41, 5.74) is 6.60. The molecule has 0 bridgehead atoms. The number of hydrogen-bond acceptors (Lipinski definition) is 5. The largest absolute Gasteiger partial charge is 0.383 e. The molecule has 72 valence electrons. The minimum absolute atomic E-state index is 0.517. The van der Waals surface area contributed by atoms with Crippen LogP contribution in [0.5, 0.6) is 0 Å². The minimum Gasteiger partial charge on any atom is -0.383 e. The molecule has 0 atom stereocenters. The molecule has 0 fully saturated rings. The third-order valence-electron chi connectivity index (χ3n) is 1.81. The maximum atomic E-state index is 5.72. The van der Waals surface area contributed by atoms with Crippen LogP contribution in [-0.2, 0) is 0 Å². The van der Waals surface area contributed by atoms with Gasteiger partial charge in [0.05, 0.1) is 0 Å². The van der Waals surface area contributed by atoms with Gasteiger partial charge in [-0.25, -0.2) is 0 Å². The molecule has 0 aliphatic carbocycles. The Labute approximate surface area is 78.0 Å². The molecule has 0 radical (unpaired) electrons. The van der Waals surface area contributed by atoms with E-state index in [1.807, 2.05) is 33.0 Å². The van der Waals surface area contributed by atoms with Crippen LogP contribution in [0.4, 0.5) is 17.6 Å². The van der Waals surface area contributed by atoms with Gasteiger partial charge in [0.2, 0.25) is 5.95 Å². The predicted octanol–water partition coefficient (Wildman–Crippen LogP) is 0.475. The smallest absolute Gasteiger partial charge is 0.228 e. The van der Waals surface area contributed by atoms with Crippen molar-refractivity contribution in [2.75, 3.05) is 37.1 Å². The van der Waals surface area contributed by atoms with Crippen molar-refractivity contribution in [1.29, 1.82) is 0 Å². The summed E-state index contributed by atoms with van der Waals surface area (Å²) < 4.78 is 0. The summed E-state index contributed by atoms with van der Waals surface area (Å²) in [4.78, 5) is 10.2. The lowest BCUT2D eigenvalue weighted by atomic mass is 10.3. The number of nitrogen functional groups attached to an aromatic ring is 1. The fourth-order valence-electron chi connectivity index (χ4n) is 0.965. The first kappa shape index (κ1) is 9.57. The average Bonchev–Trinajstić information content (AvgIpc) is 2.09. The number of anilines is 3. The molecule has 0 spiro atoms. The molecule has 13 heavy (non-hydrogen) atoms. The number of aromatic nitrogens is 2. The van der Waals surface area contributed by atoms with Crippen LogP contribution >= 0.6 is 0 Å². The zero-order valence-electron chi connectivity index (χ0n) is 8.42. The second kappa shape index (κ2) is 3.47. The lowest BCUT2D eigenvalue weighted by Gasteiger charge is -2.13. The van der Waals surface area contributed by atoms with Gasteiger partial charge in [-0.3, -0.25) is 0 Å². The van der Waals surface area contributed by atoms with Gasteiger partial charge in [-0.2, -0.15) is 9.97 Å². The highest BCUT2D eigenvalue weighted by Gasteiger charge is 2.07. The van der Waals surface area contributed by atoms with Crippen LogP contribution in [0, 0.1) is 6.92 Å². The second-order valence-electron chi connectivity index (χ2n) is 3.03. The van der Waals surface area contributed by atoms with E-state index < -0.39 is 0 Å². The van der Waals surface area contributed by atoms with Crippen molar-refractivity contribution < 1.29 is 0 Å². The summed E-state index contributed by atoms with van der Waals surface area (Å²) in [6.45, 7) is 1.89. The summed E-state index contributed by atoms with van der Waals surface area (Å²) in [7, 11) is 5.57. The minimum atomic E-state index is 0.517. The molecule has 0 aliphatic rings. The predicted molar refractivity (Wildman–Crippen MR) is 55.1 cm³/mol. The van der Waals surface area contributed by atoms with E-state index in [0.29, 0.717) is 11.8 Å². The molecule has 0 saturated heterocycles. The summed E-state index contributed by atoms with van der Waals surface area (Å²) in [6.07, 6.45) is 0. The maximum Gasteiger partial charge on any atom is 0.228 e. The Morgan fingerprint density at radius 2 is 1.92 bits per heavy atom. The molecule has 1 aromatic heterocycles. The van der Waals surface area contributed by atoms with Crippen molar-refractivity contribution in [1.82, 2.24) is 9.97 Å². The SMILES string of the molecule is CNc1nc(N(C)C)nc(N)c1C. The first-order chi connectivity index (χ1) is 6.06. The Morgan fingerprint density at radius 3 is 2.38 bits per heavy atom. The van der Waals surface area contributed by atoms with Crippen LogP contribution in [-0.4, -0.2) is 31.1 Å². The summed E-state index contributed by atoms with van der Waals surface area (Å²) >= 11 is 0. The topological polar surface area (TPSA) is 67.1 Å². The van der Waals surface area contributed by atoms with Gasteiger partial charge in [-0.15, -0.1) is 0 Å². The first-order valence-electron chi connectivity index (χ1n) is 4.05. The van der Waals surface area contributed by atoms with Crippen molar-refractivity contribution in [3.8, 4) is 0 Å². The highest BCUT2D eigenvalue weighted by atomic mass is 15.2. The Hall–Kier alpha value is -1.52. The highest BCUT2D eigenvalue weighted by molar-refractivity contribution is 5.58. The lowest BCUT2D eigenvalue weighted by Crippen LogP contribution is -2.15. The van der Waals surface area contributed by atoms with Crippen LogP contribution in [0.1, 0.15) is 5.56 Å². The van der Waals surface area contributed by atoms with Crippen LogP contribution < -0.4 is 16.0 Å². The molecule has 0 aromatic carbocycles. The third-order valence-corrected chi connectivity index (χ3v) is 1.81. The van der Waals surface area contributed by atoms with Gasteiger partial charge >= 0.3 is 0 Å². The summed E-state index contributed by atoms with van der Waals surface area (Å²) in [6, 6.07) is 0. The normalized spacial score (nSPS) is 9.85. The molecule has 5 nitrogen and oxygen atoms in total. The van der Waals surface area contributed by atoms with E-state index in [1.54, 1.807) is 0 Å². The van der Waals surface area contributed by atoms with Crippen molar-refractivity contribution in [3.63, 3.8) is 0 Å². The summed E-state index contributed by atoms with van der Waals surface area (Å²) in [5, 5.41) is 2.97. The Kier molecular flexibility index (Phi) is 2.55. The standard InChI is InChI=1S/C8H15N5/c1-5-6(9)11-8(13(3)4)12-7(5)10-2/h1-4H3,(H3,9,10,11,12). The van der Waals surface area contributed by atoms with Crippen LogP contribution in [0.25, 0.3) is 0 Å². The van der Waals surface area contributed by atoms with Crippen LogP contribution in [0.2, 0.25) is 0 Å². The molecule has 0 amide bonds. The average molecular weight is 181 g/mol. The van der Waals surface area contributed by atoms with E-state index in [2.05, 4.69) is 15.3 Å². The zero-order valence-corrected chi connectivity index (χ0v) is 8.42. The molecule has 1 heterocycles. The van der Waals surface area contributed by atoms with E-state index in [4.69, 9.17) is 5.73 Å². The molecule has 0 unspecified atom stereocenters. The monoisotopic (exact) mass is 181 g/mol. The Balaban J connectivity index is 3.22. The molecule has 0 aliphatic heterocycles. The Morgan fingerprint density at radius 1 is 1.31 bits per heavy atom. The molecule has 1 rings (SSSR count). The van der Waals surface area contributed by atoms with Crippen molar-refractivity contribution in [2.45, 2.75) is 6.92 Å². The quantitative estimate of drug-likeness (QED) is 0.694. The number of nitrogens with one attached hydrogen (secondary N) is 1. The van der Waals surface area contributed by atoms with Gasteiger partial charge in [0.1, 0.15) is 11.6 Å². The molecular weight excluding hydrogens is 166 g/mol. The first-order valence-corrected chi connectivity index (χ1v) is 4.05. The van der Waals surface area contributed by atoms with Gasteiger partial charge < -0.3 is 16.0 Å². The van der Waals surface area contributed by atoms with Gasteiger partial charge in [0.15, 0.2) is 0 Å². The Bertz CT molecular complexity index is 308. The third kappa shape index (κ3) is 1.80. The van der Waals surface area contributed by atoms with E-state index in [-0.39, 0.29) is 0 Å². The molecule has 3 N–H and O–H groups in total. The van der Waals surface area contributed by atoms with Crippen molar-refractivity contribution in [2.24, 2.45) is 0 Å². The van der Waals surface area contributed by atoms with E-state index in [0.717, 1.165) is 11.4 Å². The van der Waals surface area contributed by atoms with Gasteiger partial charge in [0.25, 0.3) is 0 Å². The maximum absolute atomic E-state index is 5.72. The van der Waals surface area contributed by atoms with Crippen molar-refractivity contribution >= 4 is 17.6 Å². The fourth-order valence-corrected chi connectivity index (χ4v) is 0.965. The van der Waals surface area contributed by atoms with Crippen LogP contribution in [0.15, 0.2) is 0 Å². The fraction of sp³-hybridized carbons (Fsp3) is 0.500. The molecule has 5 heteroatoms. The van der Waals surface area contributed by atoms with Crippen molar-refractivity contribution in [3.05, 3.63) is 5.56 Å². The number of nitrogens with zero attached hydrogens (tertiary/aromatic N) is 3.